The van der Waals surface area contributed by atoms with E-state index < -0.39 is 15.9 Å². The van der Waals surface area contributed by atoms with E-state index in [9.17, 15) is 9.90 Å². The van der Waals surface area contributed by atoms with Gasteiger partial charge in [0, 0.05) is 0 Å². The maximum Gasteiger partial charge on any atom is 0.257 e. The summed E-state index contributed by atoms with van der Waals surface area (Å²) in [6, 6.07) is 6.50. The van der Waals surface area contributed by atoms with Gasteiger partial charge in [0.05, 0.1) is 12.7 Å². The number of nitrogens with one attached hydrogen (secondary N) is 1. The monoisotopic (exact) mass is 297 g/mol. The van der Waals surface area contributed by atoms with E-state index in [0.29, 0.717) is 5.75 Å². The van der Waals surface area contributed by atoms with Crippen LogP contribution >= 0.6 is 34.8 Å². The zero-order valence-electron chi connectivity index (χ0n) is 8.78. The topological polar surface area (TPSA) is 58.6 Å². The molecule has 1 atom stereocenters. The van der Waals surface area contributed by atoms with Crippen molar-refractivity contribution in [2.24, 2.45) is 0 Å². The number of methoxy groups -OCH3 is 1. The molecule has 1 aromatic carbocycles. The van der Waals surface area contributed by atoms with E-state index in [1.54, 1.807) is 18.2 Å². The highest BCUT2D eigenvalue weighted by molar-refractivity contribution is 6.68. The number of carbonyl (C=O) groups is 1. The molecule has 0 aliphatic heterocycles. The van der Waals surface area contributed by atoms with Gasteiger partial charge in [0.2, 0.25) is 3.79 Å². The molecule has 0 fully saturated rings. The number of rotatable bonds is 3. The van der Waals surface area contributed by atoms with Gasteiger partial charge in [0.15, 0.2) is 6.23 Å². The van der Waals surface area contributed by atoms with Gasteiger partial charge >= 0.3 is 0 Å². The van der Waals surface area contributed by atoms with Gasteiger partial charge in [0.25, 0.3) is 5.91 Å². The van der Waals surface area contributed by atoms with Crippen molar-refractivity contribution in [1.82, 2.24) is 5.32 Å². The zero-order valence-corrected chi connectivity index (χ0v) is 11.1. The fraction of sp³-hybridized carbons (Fsp3) is 0.300. The fourth-order valence-corrected chi connectivity index (χ4v) is 1.28. The lowest BCUT2D eigenvalue weighted by molar-refractivity contribution is 0.0789. The second-order valence-electron chi connectivity index (χ2n) is 3.12. The lowest BCUT2D eigenvalue weighted by atomic mass is 10.2. The van der Waals surface area contributed by atoms with Crippen molar-refractivity contribution in [3.8, 4) is 5.75 Å². The van der Waals surface area contributed by atoms with Crippen LogP contribution in [-0.2, 0) is 0 Å². The third-order valence-electron chi connectivity index (χ3n) is 1.93. The predicted octanol–water partition coefficient (Wildman–Crippen LogP) is 2.11. The molecule has 1 amide bonds. The third kappa shape index (κ3) is 3.92. The molecular formula is C10H10Cl3NO3. The number of amides is 1. The standard InChI is InChI=1S/C10H10Cl3NO3/c1-17-7-5-3-2-4-6(7)8(15)14-9(16)10(11,12)13/h2-5,9,16H,1H3,(H,14,15)/t9-/m0/s1. The normalized spacial score (nSPS) is 13.0. The number of hydrogen-bond donors (Lipinski definition) is 2. The van der Waals surface area contributed by atoms with Crippen LogP contribution < -0.4 is 10.1 Å². The summed E-state index contributed by atoms with van der Waals surface area (Å²) in [5, 5.41) is 11.6. The molecule has 1 rings (SSSR count). The number of para-hydroxylation sites is 1. The highest BCUT2D eigenvalue weighted by Crippen LogP contribution is 2.29. The molecule has 7 heteroatoms. The number of hydrogen-bond acceptors (Lipinski definition) is 3. The summed E-state index contributed by atoms with van der Waals surface area (Å²) in [4.78, 5) is 11.8. The van der Waals surface area contributed by atoms with Gasteiger partial charge in [-0.05, 0) is 12.1 Å². The molecule has 0 heterocycles. The van der Waals surface area contributed by atoms with Gasteiger partial charge in [-0.25, -0.2) is 0 Å². The van der Waals surface area contributed by atoms with E-state index in [2.05, 4.69) is 5.32 Å². The maximum absolute atomic E-state index is 11.8. The molecule has 0 radical (unpaired) electrons. The number of benzene rings is 1. The molecule has 0 saturated carbocycles. The highest BCUT2D eigenvalue weighted by Gasteiger charge is 2.32. The number of carbonyl (C=O) groups excluding carboxylic acids is 1. The van der Waals surface area contributed by atoms with E-state index >= 15 is 0 Å². The maximum atomic E-state index is 11.8. The first-order chi connectivity index (χ1) is 7.86. The molecule has 17 heavy (non-hydrogen) atoms. The first-order valence-electron chi connectivity index (χ1n) is 4.55. The van der Waals surface area contributed by atoms with E-state index in [4.69, 9.17) is 39.5 Å². The van der Waals surface area contributed by atoms with Crippen LogP contribution in [0.5, 0.6) is 5.75 Å². The Morgan fingerprint density at radius 1 is 1.41 bits per heavy atom. The Morgan fingerprint density at radius 3 is 2.53 bits per heavy atom. The Kier molecular flexibility index (Phi) is 4.89. The average Bonchev–Trinajstić information content (AvgIpc) is 2.27. The summed E-state index contributed by atoms with van der Waals surface area (Å²) in [6.07, 6.45) is -1.61. The Hall–Kier alpha value is -0.680. The summed E-state index contributed by atoms with van der Waals surface area (Å²) >= 11 is 16.3. The van der Waals surface area contributed by atoms with Crippen molar-refractivity contribution in [2.75, 3.05) is 7.11 Å². The summed E-state index contributed by atoms with van der Waals surface area (Å²) in [6.45, 7) is 0. The molecule has 94 valence electrons. The largest absolute Gasteiger partial charge is 0.496 e. The second kappa shape index (κ2) is 5.78. The van der Waals surface area contributed by atoms with Crippen LogP contribution in [0.2, 0.25) is 0 Å². The number of alkyl halides is 3. The van der Waals surface area contributed by atoms with E-state index in [0.717, 1.165) is 0 Å². The van der Waals surface area contributed by atoms with E-state index in [-0.39, 0.29) is 5.56 Å². The lowest BCUT2D eigenvalue weighted by Gasteiger charge is -2.20. The van der Waals surface area contributed by atoms with Crippen LogP contribution in [0, 0.1) is 0 Å². The minimum absolute atomic E-state index is 0.239. The lowest BCUT2D eigenvalue weighted by Crippen LogP contribution is -2.43. The summed E-state index contributed by atoms with van der Waals surface area (Å²) in [7, 11) is 1.43. The molecule has 0 aliphatic carbocycles. The van der Waals surface area contributed by atoms with Crippen LogP contribution in [0.3, 0.4) is 0 Å². The smallest absolute Gasteiger partial charge is 0.257 e. The molecular weight excluding hydrogens is 288 g/mol. The van der Waals surface area contributed by atoms with Crippen molar-refractivity contribution in [1.29, 1.82) is 0 Å². The van der Waals surface area contributed by atoms with Crippen molar-refractivity contribution in [3.63, 3.8) is 0 Å². The number of aliphatic hydroxyl groups excluding tert-OH is 1. The van der Waals surface area contributed by atoms with Gasteiger partial charge in [0.1, 0.15) is 5.75 Å². The molecule has 0 aliphatic rings. The Balaban J connectivity index is 2.84. The number of ether oxygens (including phenoxy) is 1. The van der Waals surface area contributed by atoms with Gasteiger partial charge in [-0.15, -0.1) is 0 Å². The van der Waals surface area contributed by atoms with Crippen molar-refractivity contribution >= 4 is 40.7 Å². The minimum atomic E-state index is -1.99. The van der Waals surface area contributed by atoms with E-state index in [1.807, 2.05) is 0 Å². The summed E-state index contributed by atoms with van der Waals surface area (Å²) < 4.78 is 3.00. The van der Waals surface area contributed by atoms with E-state index in [1.165, 1.54) is 13.2 Å². The van der Waals surface area contributed by atoms with Crippen LogP contribution in [0.4, 0.5) is 0 Å². The van der Waals surface area contributed by atoms with Crippen molar-refractivity contribution in [2.45, 2.75) is 10.0 Å². The Morgan fingerprint density at radius 2 is 2.00 bits per heavy atom. The van der Waals surface area contributed by atoms with Crippen LogP contribution in [0.25, 0.3) is 0 Å². The van der Waals surface area contributed by atoms with Crippen molar-refractivity contribution in [3.05, 3.63) is 29.8 Å². The first-order valence-corrected chi connectivity index (χ1v) is 5.68. The first kappa shape index (κ1) is 14.4. The zero-order chi connectivity index (χ0) is 13.1. The second-order valence-corrected chi connectivity index (χ2v) is 5.49. The van der Waals surface area contributed by atoms with Gasteiger partial charge < -0.3 is 15.2 Å². The molecule has 1 aromatic rings. The quantitative estimate of drug-likeness (QED) is 0.664. The SMILES string of the molecule is COc1ccccc1C(=O)N[C@@H](O)C(Cl)(Cl)Cl. The molecule has 0 unspecified atom stereocenters. The predicted molar refractivity (Wildman–Crippen MR) is 66.8 cm³/mol. The Bertz CT molecular complexity index is 406. The minimum Gasteiger partial charge on any atom is -0.496 e. The summed E-state index contributed by atoms with van der Waals surface area (Å²) in [5.41, 5.74) is 0.239. The molecule has 0 spiro atoms. The molecule has 0 saturated heterocycles. The molecule has 4 nitrogen and oxygen atoms in total. The summed E-state index contributed by atoms with van der Waals surface area (Å²) in [5.74, 6) is -0.234. The third-order valence-corrected chi connectivity index (χ3v) is 2.55. The molecule has 0 bridgehead atoms. The Labute approximate surface area is 113 Å². The van der Waals surface area contributed by atoms with Gasteiger partial charge in [-0.2, -0.15) is 0 Å². The van der Waals surface area contributed by atoms with Gasteiger partial charge in [-0.3, -0.25) is 4.79 Å². The molecule has 2 N–H and O–H groups in total. The van der Waals surface area contributed by atoms with Crippen LogP contribution in [0.15, 0.2) is 24.3 Å². The van der Waals surface area contributed by atoms with Gasteiger partial charge in [-0.1, -0.05) is 46.9 Å². The number of halogens is 3. The average molecular weight is 299 g/mol. The highest BCUT2D eigenvalue weighted by atomic mass is 35.6. The van der Waals surface area contributed by atoms with Crippen LogP contribution in [0.1, 0.15) is 10.4 Å². The number of aliphatic hydroxyl groups is 1. The fourth-order valence-electron chi connectivity index (χ4n) is 1.12. The molecule has 0 aromatic heterocycles. The van der Waals surface area contributed by atoms with Crippen LogP contribution in [-0.4, -0.2) is 28.1 Å². The van der Waals surface area contributed by atoms with Crippen molar-refractivity contribution < 1.29 is 14.6 Å².